The Bertz CT molecular complexity index is 1240. The fourth-order valence-corrected chi connectivity index (χ4v) is 4.93. The molecule has 0 bridgehead atoms. The molecule has 0 N–H and O–H groups in total. The molecule has 0 radical (unpaired) electrons. The number of amides is 1. The lowest BCUT2D eigenvalue weighted by molar-refractivity contribution is -0.122. The van der Waals surface area contributed by atoms with Gasteiger partial charge in [-0.25, -0.2) is 4.68 Å². The molecule has 0 spiro atoms. The van der Waals surface area contributed by atoms with Crippen LogP contribution >= 0.6 is 24.0 Å². The van der Waals surface area contributed by atoms with E-state index in [4.69, 9.17) is 26.8 Å². The second-order valence-corrected chi connectivity index (χ2v) is 9.86. The number of hydrogen-bond acceptors (Lipinski definition) is 6. The van der Waals surface area contributed by atoms with E-state index in [0.29, 0.717) is 22.4 Å². The average Bonchev–Trinajstić information content (AvgIpc) is 3.35. The van der Waals surface area contributed by atoms with Crippen LogP contribution in [0.25, 0.3) is 23.0 Å². The zero-order valence-corrected chi connectivity index (χ0v) is 21.3. The molecule has 1 aliphatic heterocycles. The largest absolute Gasteiger partial charge is 0.491 e. The molecule has 8 heteroatoms. The fourth-order valence-electron chi connectivity index (χ4n) is 3.63. The molecule has 2 aromatic carbocycles. The van der Waals surface area contributed by atoms with Crippen molar-refractivity contribution in [3.63, 3.8) is 0 Å². The highest BCUT2D eigenvalue weighted by molar-refractivity contribution is 8.26. The van der Waals surface area contributed by atoms with Crippen LogP contribution in [-0.2, 0) is 9.53 Å². The second-order valence-electron chi connectivity index (χ2n) is 8.19. The standard InChI is InChI=1S/C26H27N3O3S2/c1-17(2)32-22-11-10-19(14-18(22)3)24-20(16-29(27-24)21-8-6-5-7-9-21)15-23-25(30)28(12-13-31-4)26(33)34-23/h5-11,14-17H,12-13H2,1-4H3/b23-15-. The molecule has 4 rings (SSSR count). The van der Waals surface area contributed by atoms with E-state index >= 15 is 0 Å². The van der Waals surface area contributed by atoms with Gasteiger partial charge in [0.2, 0.25) is 0 Å². The maximum atomic E-state index is 13.0. The van der Waals surface area contributed by atoms with Crippen molar-refractivity contribution in [3.05, 3.63) is 70.8 Å². The molecular weight excluding hydrogens is 466 g/mol. The van der Waals surface area contributed by atoms with E-state index in [1.54, 1.807) is 12.0 Å². The average molecular weight is 494 g/mol. The first kappa shape index (κ1) is 24.2. The summed E-state index contributed by atoms with van der Waals surface area (Å²) < 4.78 is 13.4. The van der Waals surface area contributed by atoms with Gasteiger partial charge in [0.15, 0.2) is 0 Å². The number of carbonyl (C=O) groups is 1. The van der Waals surface area contributed by atoms with Gasteiger partial charge < -0.3 is 9.47 Å². The van der Waals surface area contributed by atoms with Crippen LogP contribution in [0.3, 0.4) is 0 Å². The zero-order chi connectivity index (χ0) is 24.2. The lowest BCUT2D eigenvalue weighted by Gasteiger charge is -2.13. The SMILES string of the molecule is COCCN1C(=O)/C(=C/c2cn(-c3ccccc3)nc2-c2ccc(OC(C)C)c(C)c2)SC1=S. The first-order valence-electron chi connectivity index (χ1n) is 11.0. The number of ether oxygens (including phenoxy) is 2. The number of thioether (sulfide) groups is 1. The normalized spacial score (nSPS) is 15.1. The molecule has 0 aliphatic carbocycles. The highest BCUT2D eigenvalue weighted by Crippen LogP contribution is 2.35. The van der Waals surface area contributed by atoms with E-state index in [-0.39, 0.29) is 12.0 Å². The molecule has 3 aromatic rings. The molecule has 0 unspecified atom stereocenters. The Morgan fingerprint density at radius 1 is 1.18 bits per heavy atom. The van der Waals surface area contributed by atoms with Crippen molar-refractivity contribution in [2.45, 2.75) is 26.9 Å². The van der Waals surface area contributed by atoms with Crippen LogP contribution in [0.2, 0.25) is 0 Å². The van der Waals surface area contributed by atoms with Crippen molar-refractivity contribution >= 4 is 40.3 Å². The maximum absolute atomic E-state index is 13.0. The van der Waals surface area contributed by atoms with Gasteiger partial charge in [0.05, 0.1) is 29.8 Å². The van der Waals surface area contributed by atoms with Gasteiger partial charge in [-0.15, -0.1) is 0 Å². The molecular formula is C26H27N3O3S2. The third-order valence-electron chi connectivity index (χ3n) is 5.25. The summed E-state index contributed by atoms with van der Waals surface area (Å²) in [4.78, 5) is 15.2. The Morgan fingerprint density at radius 3 is 2.62 bits per heavy atom. The molecule has 0 saturated carbocycles. The second kappa shape index (κ2) is 10.5. The molecule has 176 valence electrons. The summed E-state index contributed by atoms with van der Waals surface area (Å²) in [5, 5.41) is 4.88. The van der Waals surface area contributed by atoms with Gasteiger partial charge in [-0.3, -0.25) is 9.69 Å². The van der Waals surface area contributed by atoms with Crippen LogP contribution < -0.4 is 4.74 Å². The van der Waals surface area contributed by atoms with E-state index in [2.05, 4.69) is 6.07 Å². The molecule has 1 saturated heterocycles. The maximum Gasteiger partial charge on any atom is 0.266 e. The molecule has 34 heavy (non-hydrogen) atoms. The number of rotatable bonds is 8. The van der Waals surface area contributed by atoms with Crippen molar-refractivity contribution in [1.29, 1.82) is 0 Å². The number of thiocarbonyl (C=S) groups is 1. The Kier molecular flexibility index (Phi) is 7.50. The number of aryl methyl sites for hydroxylation is 1. The third kappa shape index (κ3) is 5.24. The summed E-state index contributed by atoms with van der Waals surface area (Å²) in [6.45, 7) is 6.91. The molecule has 1 fully saturated rings. The predicted octanol–water partition coefficient (Wildman–Crippen LogP) is 5.48. The van der Waals surface area contributed by atoms with Gasteiger partial charge in [-0.2, -0.15) is 5.10 Å². The van der Waals surface area contributed by atoms with Crippen molar-refractivity contribution in [3.8, 4) is 22.7 Å². The minimum Gasteiger partial charge on any atom is -0.491 e. The zero-order valence-electron chi connectivity index (χ0n) is 19.6. The van der Waals surface area contributed by atoms with E-state index in [0.717, 1.165) is 33.8 Å². The molecule has 2 heterocycles. The molecule has 1 aliphatic rings. The lowest BCUT2D eigenvalue weighted by Crippen LogP contribution is -2.31. The van der Waals surface area contributed by atoms with Crippen LogP contribution in [0, 0.1) is 6.92 Å². The summed E-state index contributed by atoms with van der Waals surface area (Å²) in [6, 6.07) is 15.9. The quantitative estimate of drug-likeness (QED) is 0.306. The van der Waals surface area contributed by atoms with Crippen LogP contribution in [0.5, 0.6) is 5.75 Å². The number of methoxy groups -OCH3 is 1. The topological polar surface area (TPSA) is 56.6 Å². The molecule has 1 aromatic heterocycles. The molecule has 0 atom stereocenters. The summed E-state index contributed by atoms with van der Waals surface area (Å²) in [5.41, 5.74) is 4.53. The van der Waals surface area contributed by atoms with Crippen molar-refractivity contribution < 1.29 is 14.3 Å². The molecule has 1 amide bonds. The van der Waals surface area contributed by atoms with Gasteiger partial charge in [0.25, 0.3) is 5.91 Å². The lowest BCUT2D eigenvalue weighted by atomic mass is 10.0. The van der Waals surface area contributed by atoms with E-state index < -0.39 is 0 Å². The monoisotopic (exact) mass is 493 g/mol. The van der Waals surface area contributed by atoms with Gasteiger partial charge in [0, 0.05) is 24.4 Å². The number of benzene rings is 2. The van der Waals surface area contributed by atoms with Crippen molar-refractivity contribution in [1.82, 2.24) is 14.7 Å². The van der Waals surface area contributed by atoms with Crippen LogP contribution in [0.4, 0.5) is 0 Å². The van der Waals surface area contributed by atoms with E-state index in [1.165, 1.54) is 11.8 Å². The number of aromatic nitrogens is 2. The van der Waals surface area contributed by atoms with Crippen molar-refractivity contribution in [2.75, 3.05) is 20.3 Å². The highest BCUT2D eigenvalue weighted by atomic mass is 32.2. The summed E-state index contributed by atoms with van der Waals surface area (Å²) in [6.07, 6.45) is 3.92. The van der Waals surface area contributed by atoms with E-state index in [1.807, 2.05) is 80.2 Å². The number of nitrogens with zero attached hydrogens (tertiary/aromatic N) is 3. The Morgan fingerprint density at radius 2 is 1.94 bits per heavy atom. The van der Waals surface area contributed by atoms with E-state index in [9.17, 15) is 4.79 Å². The first-order valence-corrected chi connectivity index (χ1v) is 12.3. The number of para-hydroxylation sites is 1. The van der Waals surface area contributed by atoms with Gasteiger partial charge in [0.1, 0.15) is 15.8 Å². The van der Waals surface area contributed by atoms with Crippen LogP contribution in [-0.4, -0.2) is 51.3 Å². The summed E-state index contributed by atoms with van der Waals surface area (Å²) in [7, 11) is 1.61. The Labute approximate surface area is 209 Å². The van der Waals surface area contributed by atoms with Crippen LogP contribution in [0.15, 0.2) is 59.6 Å². The highest BCUT2D eigenvalue weighted by Gasteiger charge is 2.32. The van der Waals surface area contributed by atoms with Crippen LogP contribution in [0.1, 0.15) is 25.0 Å². The Balaban J connectivity index is 1.76. The van der Waals surface area contributed by atoms with Gasteiger partial charge >= 0.3 is 0 Å². The number of carbonyl (C=O) groups excluding carboxylic acids is 1. The summed E-state index contributed by atoms with van der Waals surface area (Å²) in [5.74, 6) is 0.740. The minimum absolute atomic E-state index is 0.0948. The Hall–Kier alpha value is -2.94. The minimum atomic E-state index is -0.109. The van der Waals surface area contributed by atoms with Gasteiger partial charge in [-0.1, -0.05) is 42.2 Å². The smallest absolute Gasteiger partial charge is 0.266 e. The molecule has 6 nitrogen and oxygen atoms in total. The fraction of sp³-hybridized carbons (Fsp3) is 0.269. The predicted molar refractivity (Wildman–Crippen MR) is 141 cm³/mol. The van der Waals surface area contributed by atoms with Crippen molar-refractivity contribution in [2.24, 2.45) is 0 Å². The van der Waals surface area contributed by atoms with Gasteiger partial charge in [-0.05, 0) is 62.7 Å². The summed E-state index contributed by atoms with van der Waals surface area (Å²) >= 11 is 6.74. The third-order valence-corrected chi connectivity index (χ3v) is 6.63. The number of hydrogen-bond donors (Lipinski definition) is 0. The first-order chi connectivity index (χ1) is 16.4.